The number of urea groups is 2. The maximum Gasteiger partial charge on any atom is 0.322 e. The number of benzene rings is 4. The van der Waals surface area contributed by atoms with Crippen LogP contribution in [-0.2, 0) is 20.7 Å². The maximum atomic E-state index is 13.9. The molecule has 4 N–H and O–H groups in total. The van der Waals surface area contributed by atoms with E-state index in [0.29, 0.717) is 23.0 Å². The second-order valence-electron chi connectivity index (χ2n) is 13.6. The third-order valence-corrected chi connectivity index (χ3v) is 11.1. The molecule has 2 saturated heterocycles. The molecule has 240 valence electrons. The van der Waals surface area contributed by atoms with Gasteiger partial charge in [-0.1, -0.05) is 61.4 Å². The van der Waals surface area contributed by atoms with E-state index in [0.717, 1.165) is 59.1 Å². The lowest BCUT2D eigenvalue weighted by atomic mass is 9.78. The normalized spacial score (nSPS) is 24.4. The number of carbonyl (C=O) groups is 4. The van der Waals surface area contributed by atoms with Gasteiger partial charge in [-0.25, -0.2) is 18.4 Å². The number of hydrogen-bond donors (Lipinski definition) is 4. The van der Waals surface area contributed by atoms with Gasteiger partial charge in [-0.2, -0.15) is 0 Å². The largest absolute Gasteiger partial charge is 0.322 e. The van der Waals surface area contributed by atoms with E-state index in [9.17, 15) is 28.0 Å². The molecule has 48 heavy (non-hydrogen) atoms. The van der Waals surface area contributed by atoms with Crippen LogP contribution in [0.3, 0.4) is 0 Å². The Morgan fingerprint density at radius 2 is 0.854 bits per heavy atom. The summed E-state index contributed by atoms with van der Waals surface area (Å²) in [5.41, 5.74) is 5.59. The second-order valence-corrected chi connectivity index (χ2v) is 13.6. The molecule has 2 atom stereocenters. The third-order valence-electron chi connectivity index (χ3n) is 11.1. The molecule has 2 heterocycles. The van der Waals surface area contributed by atoms with Crippen LogP contribution in [0.1, 0.15) is 83.7 Å². The predicted octanol–water partition coefficient (Wildman–Crippen LogP) is 6.31. The Hall–Kier alpha value is -5.38. The number of fused-ring (bicyclic) bond motifs is 10. The van der Waals surface area contributed by atoms with E-state index in [1.807, 2.05) is 24.3 Å². The lowest BCUT2D eigenvalue weighted by Gasteiger charge is -2.28. The number of carbonyl (C=O) groups excluding carboxylic acids is 4. The Labute approximate surface area is 274 Å². The van der Waals surface area contributed by atoms with Crippen LogP contribution in [0, 0.1) is 11.6 Å². The van der Waals surface area contributed by atoms with Gasteiger partial charge in [0, 0.05) is 11.1 Å². The number of nitrogens with one attached hydrogen (secondary N) is 4. The van der Waals surface area contributed by atoms with E-state index in [1.165, 1.54) is 48.2 Å². The van der Waals surface area contributed by atoms with E-state index >= 15 is 0 Å². The number of hydrogen-bond acceptors (Lipinski definition) is 4. The highest BCUT2D eigenvalue weighted by atomic mass is 19.1. The summed E-state index contributed by atoms with van der Waals surface area (Å²) < 4.78 is 27.7. The molecule has 6 aliphatic rings. The maximum absolute atomic E-state index is 13.9. The van der Waals surface area contributed by atoms with Crippen molar-refractivity contribution in [3.8, 4) is 22.3 Å². The smallest absolute Gasteiger partial charge is 0.316 e. The zero-order valence-electron chi connectivity index (χ0n) is 25.7. The molecular weight excluding hydrogens is 614 g/mol. The first-order valence-electron chi connectivity index (χ1n) is 16.4. The minimum Gasteiger partial charge on any atom is -0.316 e. The van der Waals surface area contributed by atoms with E-state index in [-0.39, 0.29) is 0 Å². The van der Waals surface area contributed by atoms with Crippen molar-refractivity contribution in [3.05, 3.63) is 118 Å². The van der Waals surface area contributed by atoms with Crippen molar-refractivity contribution < 1.29 is 28.0 Å². The van der Waals surface area contributed by atoms with Crippen molar-refractivity contribution in [1.82, 2.24) is 21.3 Å². The molecule has 4 fully saturated rings. The molecule has 4 aromatic carbocycles. The molecule has 2 aliphatic heterocycles. The molecule has 10 heteroatoms. The fraction of sp³-hybridized carbons (Fsp3) is 0.263. The highest BCUT2D eigenvalue weighted by Gasteiger charge is 2.56. The molecular formula is C38H30F2N4O4. The summed E-state index contributed by atoms with van der Waals surface area (Å²) in [7, 11) is 0. The standard InChI is InChI=1S/2C19H15FN2O2/c2*20-12-5-7-14-13-6-4-11(10-2-1-3-10)8-15(13)19(16(14)9-12)17(23)21-18(24)22-19/h2*4-10H,1-3H2,(H2,21,22,23,24)/t2*19-/m10/s1. The Bertz CT molecular complexity index is 1990. The topological polar surface area (TPSA) is 116 Å². The highest BCUT2D eigenvalue weighted by Crippen LogP contribution is 2.52. The zero-order valence-corrected chi connectivity index (χ0v) is 25.7. The SMILES string of the molecule is O=C1NC(=O)[C@@]2(N1)c1cc(F)ccc1-c1ccc(C3CCC3)cc12.O=C1NC(=O)[C@]2(N1)c1cc(F)ccc1-c1ccc(C3CCC3)cc12. The minimum atomic E-state index is -1.32. The molecule has 0 aromatic heterocycles. The molecule has 0 radical (unpaired) electrons. The van der Waals surface area contributed by atoms with Gasteiger partial charge < -0.3 is 10.6 Å². The summed E-state index contributed by atoms with van der Waals surface area (Å²) in [6, 6.07) is 19.9. The average Bonchev–Trinajstić information content (AvgIpc) is 3.66. The summed E-state index contributed by atoms with van der Waals surface area (Å²) >= 11 is 0. The van der Waals surface area contributed by atoms with Crippen LogP contribution in [0.25, 0.3) is 22.3 Å². The van der Waals surface area contributed by atoms with E-state index < -0.39 is 46.6 Å². The van der Waals surface area contributed by atoms with Crippen molar-refractivity contribution in [2.24, 2.45) is 0 Å². The van der Waals surface area contributed by atoms with Crippen LogP contribution in [0.4, 0.5) is 18.4 Å². The van der Waals surface area contributed by atoms with Crippen LogP contribution in [0.5, 0.6) is 0 Å². The van der Waals surface area contributed by atoms with Crippen LogP contribution in [-0.4, -0.2) is 23.9 Å². The quantitative estimate of drug-likeness (QED) is 0.191. The van der Waals surface area contributed by atoms with Crippen LogP contribution in [0.15, 0.2) is 72.8 Å². The Balaban J connectivity index is 0.000000131. The van der Waals surface area contributed by atoms with Gasteiger partial charge in [-0.05, 0) is 106 Å². The Morgan fingerprint density at radius 1 is 0.500 bits per heavy atom. The molecule has 0 unspecified atom stereocenters. The third kappa shape index (κ3) is 3.85. The Kier molecular flexibility index (Phi) is 6.04. The first-order chi connectivity index (χ1) is 23.2. The molecule has 4 aromatic rings. The molecule has 8 nitrogen and oxygen atoms in total. The van der Waals surface area contributed by atoms with Gasteiger partial charge in [0.25, 0.3) is 11.8 Å². The summed E-state index contributed by atoms with van der Waals surface area (Å²) in [4.78, 5) is 49.1. The number of amides is 6. The van der Waals surface area contributed by atoms with Gasteiger partial charge >= 0.3 is 12.1 Å². The van der Waals surface area contributed by atoms with Crippen molar-refractivity contribution in [3.63, 3.8) is 0 Å². The Morgan fingerprint density at radius 3 is 1.17 bits per heavy atom. The van der Waals surface area contributed by atoms with Crippen LogP contribution < -0.4 is 21.3 Å². The van der Waals surface area contributed by atoms with Crippen molar-refractivity contribution in [1.29, 1.82) is 0 Å². The van der Waals surface area contributed by atoms with Crippen LogP contribution in [0.2, 0.25) is 0 Å². The van der Waals surface area contributed by atoms with Gasteiger partial charge in [-0.15, -0.1) is 0 Å². The fourth-order valence-electron chi connectivity index (χ4n) is 8.29. The number of imide groups is 2. The lowest BCUT2D eigenvalue weighted by molar-refractivity contribution is -0.123. The van der Waals surface area contributed by atoms with E-state index in [4.69, 9.17) is 0 Å². The summed E-state index contributed by atoms with van der Waals surface area (Å²) in [5, 5.41) is 10.1. The van der Waals surface area contributed by atoms with Crippen LogP contribution >= 0.6 is 0 Å². The average molecular weight is 645 g/mol. The summed E-state index contributed by atoms with van der Waals surface area (Å²) in [6.45, 7) is 0. The monoisotopic (exact) mass is 644 g/mol. The minimum absolute atomic E-state index is 0.422. The van der Waals surface area contributed by atoms with Gasteiger partial charge in [0.15, 0.2) is 11.1 Å². The first-order valence-corrected chi connectivity index (χ1v) is 16.4. The molecule has 4 aliphatic carbocycles. The molecule has 2 spiro atoms. The van der Waals surface area contributed by atoms with Gasteiger partial charge in [0.05, 0.1) is 0 Å². The van der Waals surface area contributed by atoms with E-state index in [2.05, 4.69) is 33.4 Å². The van der Waals surface area contributed by atoms with Crippen molar-refractivity contribution in [2.45, 2.75) is 61.4 Å². The molecule has 2 saturated carbocycles. The molecule has 6 amide bonds. The number of rotatable bonds is 2. The van der Waals surface area contributed by atoms with Gasteiger partial charge in [-0.3, -0.25) is 20.2 Å². The number of halogens is 2. The fourth-order valence-corrected chi connectivity index (χ4v) is 8.29. The molecule has 0 bridgehead atoms. The predicted molar refractivity (Wildman–Crippen MR) is 172 cm³/mol. The zero-order chi connectivity index (χ0) is 32.9. The van der Waals surface area contributed by atoms with Crippen molar-refractivity contribution >= 4 is 23.9 Å². The summed E-state index contributed by atoms with van der Waals surface area (Å²) in [5.74, 6) is -0.711. The van der Waals surface area contributed by atoms with E-state index in [1.54, 1.807) is 12.1 Å². The van der Waals surface area contributed by atoms with Gasteiger partial charge in [0.2, 0.25) is 0 Å². The highest BCUT2D eigenvalue weighted by molar-refractivity contribution is 6.14. The first kappa shape index (κ1) is 28.8. The molecule has 10 rings (SSSR count). The van der Waals surface area contributed by atoms with Crippen molar-refractivity contribution in [2.75, 3.05) is 0 Å². The second kappa shape index (κ2) is 10.1. The summed E-state index contributed by atoms with van der Waals surface area (Å²) in [6.07, 6.45) is 7.01. The van der Waals surface area contributed by atoms with Gasteiger partial charge in [0.1, 0.15) is 11.6 Å². The lowest BCUT2D eigenvalue weighted by Crippen LogP contribution is -2.43.